The Morgan fingerprint density at radius 1 is 1.06 bits per heavy atom. The molecule has 6 nitrogen and oxygen atoms in total. The lowest BCUT2D eigenvalue weighted by Crippen LogP contribution is -2.21. The minimum atomic E-state index is -0.416. The molecule has 3 aromatic rings. The summed E-state index contributed by atoms with van der Waals surface area (Å²) in [5.41, 5.74) is 4.20. The Morgan fingerprint density at radius 2 is 1.74 bits per heavy atom. The fraction of sp³-hybridized carbons (Fsp3) is 0.261. The largest absolute Gasteiger partial charge is 0.456 e. The molecule has 0 bridgehead atoms. The number of aryl methyl sites for hydroxylation is 2. The number of hydrogen-bond donors (Lipinski definition) is 1. The van der Waals surface area contributed by atoms with Crippen molar-refractivity contribution in [2.24, 2.45) is 0 Å². The van der Waals surface area contributed by atoms with Crippen LogP contribution in [0.4, 0.5) is 5.69 Å². The first-order chi connectivity index (χ1) is 14.8. The monoisotopic (exact) mass is 457 g/mol. The molecule has 8 heteroatoms. The van der Waals surface area contributed by atoms with Crippen LogP contribution in [0.25, 0.3) is 5.69 Å². The first-order valence-corrected chi connectivity index (χ1v) is 11.2. The Labute approximate surface area is 190 Å². The summed E-state index contributed by atoms with van der Waals surface area (Å²) in [5.74, 6) is -0.252. The molecule has 0 unspecified atom stereocenters. The average molecular weight is 458 g/mol. The Morgan fingerprint density at radius 3 is 2.42 bits per heavy atom. The molecule has 0 aliphatic heterocycles. The van der Waals surface area contributed by atoms with Gasteiger partial charge in [0.15, 0.2) is 6.61 Å². The zero-order valence-corrected chi connectivity index (χ0v) is 19.2. The van der Waals surface area contributed by atoms with Crippen LogP contribution in [0, 0.1) is 20.8 Å². The number of aromatic nitrogens is 2. The van der Waals surface area contributed by atoms with Gasteiger partial charge in [0.25, 0.3) is 5.91 Å². The van der Waals surface area contributed by atoms with Crippen LogP contribution < -0.4 is 5.32 Å². The highest BCUT2D eigenvalue weighted by molar-refractivity contribution is 7.99. The maximum absolute atomic E-state index is 12.3. The van der Waals surface area contributed by atoms with Gasteiger partial charge in [-0.3, -0.25) is 9.59 Å². The minimum absolute atomic E-state index is 0.212. The zero-order valence-electron chi connectivity index (χ0n) is 17.6. The molecule has 1 amide bonds. The number of ether oxygens (including phenoxy) is 1. The average Bonchev–Trinajstić information content (AvgIpc) is 3.02. The summed E-state index contributed by atoms with van der Waals surface area (Å²) in [7, 11) is 0. The predicted molar refractivity (Wildman–Crippen MR) is 124 cm³/mol. The third-order valence-electron chi connectivity index (χ3n) is 4.59. The maximum Gasteiger partial charge on any atom is 0.307 e. The number of carbonyl (C=O) groups is 2. The molecule has 162 valence electrons. The van der Waals surface area contributed by atoms with Gasteiger partial charge in [-0.25, -0.2) is 4.68 Å². The van der Waals surface area contributed by atoms with E-state index in [1.54, 1.807) is 16.8 Å². The molecule has 0 saturated heterocycles. The van der Waals surface area contributed by atoms with Crippen LogP contribution in [-0.2, 0) is 14.3 Å². The molecule has 0 radical (unpaired) electrons. The molecule has 0 aliphatic carbocycles. The molecule has 2 aromatic carbocycles. The fourth-order valence-corrected chi connectivity index (χ4v) is 3.90. The van der Waals surface area contributed by atoms with E-state index in [0.717, 1.165) is 21.8 Å². The molecule has 1 heterocycles. The van der Waals surface area contributed by atoms with Crippen molar-refractivity contribution in [1.29, 1.82) is 0 Å². The van der Waals surface area contributed by atoms with Gasteiger partial charge in [-0.2, -0.15) is 5.10 Å². The summed E-state index contributed by atoms with van der Waals surface area (Å²) in [4.78, 5) is 25.3. The first kappa shape index (κ1) is 22.9. The highest BCUT2D eigenvalue weighted by Crippen LogP contribution is 2.23. The number of carbonyl (C=O) groups excluding carboxylic acids is 2. The van der Waals surface area contributed by atoms with Crippen LogP contribution in [0.5, 0.6) is 0 Å². The summed E-state index contributed by atoms with van der Waals surface area (Å²) < 4.78 is 6.89. The molecule has 31 heavy (non-hydrogen) atoms. The number of anilines is 1. The first-order valence-electron chi connectivity index (χ1n) is 9.80. The second-order valence-electron chi connectivity index (χ2n) is 7.05. The zero-order chi connectivity index (χ0) is 22.4. The van der Waals surface area contributed by atoms with E-state index in [-0.39, 0.29) is 13.0 Å². The molecule has 3 rings (SSSR count). The standard InChI is InChI=1S/C23H24ClN3O3S/c1-15-4-8-19(9-5-15)27-17(3)23(16(2)26-27)25-21(28)14-30-22(29)12-13-31-20-10-6-18(24)7-11-20/h4-11H,12-14H2,1-3H3,(H,25,28). The van der Waals surface area contributed by atoms with Crippen molar-refractivity contribution >= 4 is 40.9 Å². The molecular weight excluding hydrogens is 434 g/mol. The van der Waals surface area contributed by atoms with Crippen LogP contribution >= 0.6 is 23.4 Å². The lowest BCUT2D eigenvalue weighted by molar-refractivity contribution is -0.146. The summed E-state index contributed by atoms with van der Waals surface area (Å²) in [6.07, 6.45) is 0.212. The van der Waals surface area contributed by atoms with E-state index in [1.165, 1.54) is 11.8 Å². The maximum atomic E-state index is 12.3. The van der Waals surface area contributed by atoms with Gasteiger partial charge in [0.05, 0.1) is 29.2 Å². The number of nitrogens with zero attached hydrogens (tertiary/aromatic N) is 2. The van der Waals surface area contributed by atoms with Crippen molar-refractivity contribution in [2.75, 3.05) is 17.7 Å². The quantitative estimate of drug-likeness (QED) is 0.375. The van der Waals surface area contributed by atoms with Crippen LogP contribution in [0.15, 0.2) is 53.4 Å². The van der Waals surface area contributed by atoms with Crippen LogP contribution in [0.1, 0.15) is 23.4 Å². The third kappa shape index (κ3) is 6.35. The highest BCUT2D eigenvalue weighted by Gasteiger charge is 2.16. The number of hydrogen-bond acceptors (Lipinski definition) is 5. The van der Waals surface area contributed by atoms with E-state index in [9.17, 15) is 9.59 Å². The molecule has 0 spiro atoms. The van der Waals surface area contributed by atoms with E-state index in [4.69, 9.17) is 16.3 Å². The van der Waals surface area contributed by atoms with Crippen molar-refractivity contribution in [3.8, 4) is 5.69 Å². The van der Waals surface area contributed by atoms with E-state index >= 15 is 0 Å². The van der Waals surface area contributed by atoms with Gasteiger partial charge in [-0.05, 0) is 57.2 Å². The van der Waals surface area contributed by atoms with Gasteiger partial charge in [0, 0.05) is 15.7 Å². The van der Waals surface area contributed by atoms with Crippen LogP contribution in [0.3, 0.4) is 0 Å². The van der Waals surface area contributed by atoms with E-state index < -0.39 is 11.9 Å². The lowest BCUT2D eigenvalue weighted by Gasteiger charge is -2.08. The Hall–Kier alpha value is -2.77. The normalized spacial score (nSPS) is 10.7. The van der Waals surface area contributed by atoms with E-state index in [0.29, 0.717) is 22.2 Å². The van der Waals surface area contributed by atoms with E-state index in [1.807, 2.05) is 57.2 Å². The van der Waals surface area contributed by atoms with E-state index in [2.05, 4.69) is 10.4 Å². The fourth-order valence-electron chi connectivity index (χ4n) is 2.94. The smallest absolute Gasteiger partial charge is 0.307 e. The molecule has 0 saturated carbocycles. The van der Waals surface area contributed by atoms with Gasteiger partial charge in [-0.15, -0.1) is 11.8 Å². The second-order valence-corrected chi connectivity index (χ2v) is 8.66. The number of amides is 1. The van der Waals surface area contributed by atoms with Crippen LogP contribution in [-0.4, -0.2) is 34.0 Å². The van der Waals surface area contributed by atoms with Gasteiger partial charge in [0.1, 0.15) is 0 Å². The number of benzene rings is 2. The second kappa shape index (κ2) is 10.5. The summed E-state index contributed by atoms with van der Waals surface area (Å²) in [6, 6.07) is 15.4. The van der Waals surface area contributed by atoms with Gasteiger partial charge < -0.3 is 10.1 Å². The van der Waals surface area contributed by atoms with Crippen molar-refractivity contribution in [1.82, 2.24) is 9.78 Å². The Bertz CT molecular complexity index is 1060. The molecule has 0 aliphatic rings. The summed E-state index contributed by atoms with van der Waals surface area (Å²) in [6.45, 7) is 5.40. The van der Waals surface area contributed by atoms with Crippen molar-refractivity contribution in [3.63, 3.8) is 0 Å². The lowest BCUT2D eigenvalue weighted by atomic mass is 10.2. The number of halogens is 1. The van der Waals surface area contributed by atoms with Crippen LogP contribution in [0.2, 0.25) is 5.02 Å². The summed E-state index contributed by atoms with van der Waals surface area (Å²) in [5, 5.41) is 7.99. The predicted octanol–water partition coefficient (Wildman–Crippen LogP) is 5.12. The molecule has 1 N–H and O–H groups in total. The molecule has 1 aromatic heterocycles. The number of rotatable bonds is 8. The van der Waals surface area contributed by atoms with Gasteiger partial charge >= 0.3 is 5.97 Å². The van der Waals surface area contributed by atoms with Gasteiger partial charge in [0.2, 0.25) is 0 Å². The number of thioether (sulfide) groups is 1. The highest BCUT2D eigenvalue weighted by atomic mass is 35.5. The number of esters is 1. The molecular formula is C23H24ClN3O3S. The minimum Gasteiger partial charge on any atom is -0.456 e. The number of nitrogens with one attached hydrogen (secondary N) is 1. The van der Waals surface area contributed by atoms with Crippen molar-refractivity contribution in [3.05, 3.63) is 70.5 Å². The Kier molecular flexibility index (Phi) is 7.76. The summed E-state index contributed by atoms with van der Waals surface area (Å²) >= 11 is 7.38. The topological polar surface area (TPSA) is 73.2 Å². The van der Waals surface area contributed by atoms with Crippen molar-refractivity contribution < 1.29 is 14.3 Å². The SMILES string of the molecule is Cc1ccc(-n2nc(C)c(NC(=O)COC(=O)CCSc3ccc(Cl)cc3)c2C)cc1. The molecule has 0 atom stereocenters. The Balaban J connectivity index is 1.48. The van der Waals surface area contributed by atoms with Crippen molar-refractivity contribution in [2.45, 2.75) is 32.1 Å². The molecule has 0 fully saturated rings. The third-order valence-corrected chi connectivity index (χ3v) is 5.85. The van der Waals surface area contributed by atoms with Gasteiger partial charge in [-0.1, -0.05) is 29.3 Å².